The minimum atomic E-state index is -0.144. The van der Waals surface area contributed by atoms with E-state index in [0.29, 0.717) is 19.0 Å². The van der Waals surface area contributed by atoms with Gasteiger partial charge in [-0.25, -0.2) is 4.79 Å². The molecule has 2 amide bonds. The Morgan fingerprint density at radius 1 is 1.20 bits per heavy atom. The standard InChI is InChI=1S/C15H24N4O/c1-6-19(7-2)15(20)18-14(16-5)17-13-11(3)9-8-10-12(13)4/h8-10H,6-7H2,1-5H3,(H2,16,17,18,20). The molecule has 0 unspecified atom stereocenters. The Kier molecular flexibility index (Phi) is 6.03. The molecule has 0 heterocycles. The molecule has 0 radical (unpaired) electrons. The maximum absolute atomic E-state index is 12.0. The number of rotatable bonds is 3. The number of anilines is 1. The Hall–Kier alpha value is -2.04. The van der Waals surface area contributed by atoms with Gasteiger partial charge in [-0.15, -0.1) is 0 Å². The fraction of sp³-hybridized carbons (Fsp3) is 0.467. The second-order valence-corrected chi connectivity index (χ2v) is 4.57. The number of aryl methyl sites for hydroxylation is 2. The van der Waals surface area contributed by atoms with Crippen molar-refractivity contribution in [2.24, 2.45) is 4.99 Å². The first-order valence-electron chi connectivity index (χ1n) is 6.89. The van der Waals surface area contributed by atoms with Crippen molar-refractivity contribution in [3.63, 3.8) is 0 Å². The number of urea groups is 1. The molecular formula is C15H24N4O. The number of guanidine groups is 1. The van der Waals surface area contributed by atoms with Gasteiger partial charge in [-0.2, -0.15) is 0 Å². The maximum Gasteiger partial charge on any atom is 0.324 e. The quantitative estimate of drug-likeness (QED) is 0.659. The van der Waals surface area contributed by atoms with Gasteiger partial charge in [0.15, 0.2) is 0 Å². The highest BCUT2D eigenvalue weighted by molar-refractivity contribution is 6.04. The van der Waals surface area contributed by atoms with Crippen LogP contribution in [0.5, 0.6) is 0 Å². The van der Waals surface area contributed by atoms with Crippen molar-refractivity contribution in [2.45, 2.75) is 27.7 Å². The van der Waals surface area contributed by atoms with Crippen molar-refractivity contribution in [1.82, 2.24) is 10.2 Å². The molecule has 20 heavy (non-hydrogen) atoms. The van der Waals surface area contributed by atoms with E-state index in [2.05, 4.69) is 15.6 Å². The molecule has 0 aliphatic carbocycles. The first kappa shape index (κ1) is 16.0. The molecule has 0 fully saturated rings. The van der Waals surface area contributed by atoms with Gasteiger partial charge in [0.2, 0.25) is 5.96 Å². The van der Waals surface area contributed by atoms with Crippen LogP contribution in [0.2, 0.25) is 0 Å². The van der Waals surface area contributed by atoms with Crippen molar-refractivity contribution in [3.05, 3.63) is 29.3 Å². The first-order chi connectivity index (χ1) is 9.53. The smallest absolute Gasteiger partial charge is 0.324 e. The summed E-state index contributed by atoms with van der Waals surface area (Å²) in [4.78, 5) is 17.8. The van der Waals surface area contributed by atoms with Crippen LogP contribution in [0, 0.1) is 13.8 Å². The van der Waals surface area contributed by atoms with Crippen LogP contribution in [-0.2, 0) is 0 Å². The first-order valence-corrected chi connectivity index (χ1v) is 6.89. The van der Waals surface area contributed by atoms with E-state index < -0.39 is 0 Å². The number of carbonyl (C=O) groups excluding carboxylic acids is 1. The molecule has 0 spiro atoms. The Morgan fingerprint density at radius 2 is 1.75 bits per heavy atom. The molecule has 0 aromatic heterocycles. The highest BCUT2D eigenvalue weighted by Gasteiger charge is 2.12. The number of para-hydroxylation sites is 1. The van der Waals surface area contributed by atoms with E-state index in [1.165, 1.54) is 0 Å². The minimum Gasteiger partial charge on any atom is -0.325 e. The van der Waals surface area contributed by atoms with Crippen LogP contribution in [-0.4, -0.2) is 37.0 Å². The highest BCUT2D eigenvalue weighted by atomic mass is 16.2. The van der Waals surface area contributed by atoms with Gasteiger partial charge in [0.05, 0.1) is 0 Å². The van der Waals surface area contributed by atoms with Crippen molar-refractivity contribution < 1.29 is 4.79 Å². The van der Waals surface area contributed by atoms with Gasteiger partial charge in [-0.3, -0.25) is 10.3 Å². The summed E-state index contributed by atoms with van der Waals surface area (Å²) in [6.45, 7) is 9.28. The van der Waals surface area contributed by atoms with Gasteiger partial charge >= 0.3 is 6.03 Å². The zero-order valence-corrected chi connectivity index (χ0v) is 12.9. The predicted octanol–water partition coefficient (Wildman–Crippen LogP) is 2.75. The zero-order chi connectivity index (χ0) is 15.1. The second kappa shape index (κ2) is 7.53. The van der Waals surface area contributed by atoms with E-state index in [0.717, 1.165) is 16.8 Å². The third-order valence-corrected chi connectivity index (χ3v) is 3.22. The molecule has 0 saturated carbocycles. The lowest BCUT2D eigenvalue weighted by molar-refractivity contribution is 0.208. The predicted molar refractivity (Wildman–Crippen MR) is 84.4 cm³/mol. The fourth-order valence-electron chi connectivity index (χ4n) is 1.96. The number of benzene rings is 1. The monoisotopic (exact) mass is 276 g/mol. The molecule has 110 valence electrons. The van der Waals surface area contributed by atoms with Crippen molar-refractivity contribution >= 4 is 17.7 Å². The van der Waals surface area contributed by atoms with E-state index in [-0.39, 0.29) is 6.03 Å². The molecule has 0 atom stereocenters. The van der Waals surface area contributed by atoms with E-state index in [1.54, 1.807) is 11.9 Å². The molecule has 1 rings (SSSR count). The van der Waals surface area contributed by atoms with E-state index in [1.807, 2.05) is 45.9 Å². The number of amides is 2. The van der Waals surface area contributed by atoms with Crippen LogP contribution in [0.25, 0.3) is 0 Å². The molecule has 5 heteroatoms. The highest BCUT2D eigenvalue weighted by Crippen LogP contribution is 2.19. The summed E-state index contributed by atoms with van der Waals surface area (Å²) in [7, 11) is 1.65. The molecular weight excluding hydrogens is 252 g/mol. The number of aliphatic imine (C=N–C) groups is 1. The normalized spacial score (nSPS) is 11.2. The van der Waals surface area contributed by atoms with Gasteiger partial charge in [-0.05, 0) is 38.8 Å². The number of carbonyl (C=O) groups is 1. The van der Waals surface area contributed by atoms with Gasteiger partial charge in [0.1, 0.15) is 0 Å². The Labute approximate surface area is 121 Å². The molecule has 5 nitrogen and oxygen atoms in total. The summed E-state index contributed by atoms with van der Waals surface area (Å²) in [5, 5.41) is 5.99. The number of nitrogens with zero attached hydrogens (tertiary/aromatic N) is 2. The largest absolute Gasteiger partial charge is 0.325 e. The van der Waals surface area contributed by atoms with E-state index in [4.69, 9.17) is 0 Å². The van der Waals surface area contributed by atoms with Crippen molar-refractivity contribution in [2.75, 3.05) is 25.5 Å². The lowest BCUT2D eigenvalue weighted by Gasteiger charge is -2.21. The van der Waals surface area contributed by atoms with Crippen molar-refractivity contribution in [3.8, 4) is 0 Å². The lowest BCUT2D eigenvalue weighted by Crippen LogP contribution is -2.45. The van der Waals surface area contributed by atoms with Gasteiger partial charge in [0, 0.05) is 25.8 Å². The van der Waals surface area contributed by atoms with Crippen molar-refractivity contribution in [1.29, 1.82) is 0 Å². The second-order valence-electron chi connectivity index (χ2n) is 4.57. The van der Waals surface area contributed by atoms with Gasteiger partial charge in [-0.1, -0.05) is 18.2 Å². The van der Waals surface area contributed by atoms with E-state index in [9.17, 15) is 4.79 Å². The molecule has 1 aromatic carbocycles. The maximum atomic E-state index is 12.0. The zero-order valence-electron chi connectivity index (χ0n) is 12.9. The lowest BCUT2D eigenvalue weighted by atomic mass is 10.1. The summed E-state index contributed by atoms with van der Waals surface area (Å²) < 4.78 is 0. The van der Waals surface area contributed by atoms with Gasteiger partial charge in [0.25, 0.3) is 0 Å². The summed E-state index contributed by atoms with van der Waals surface area (Å²) in [5.41, 5.74) is 3.21. The minimum absolute atomic E-state index is 0.144. The van der Waals surface area contributed by atoms with Crippen LogP contribution in [0.15, 0.2) is 23.2 Å². The average Bonchev–Trinajstić information content (AvgIpc) is 2.43. The molecule has 0 bridgehead atoms. The third-order valence-electron chi connectivity index (χ3n) is 3.22. The Bertz CT molecular complexity index is 472. The van der Waals surface area contributed by atoms with Crippen LogP contribution < -0.4 is 10.6 Å². The summed E-state index contributed by atoms with van der Waals surface area (Å²) in [5.74, 6) is 0.458. The van der Waals surface area contributed by atoms with Crippen LogP contribution in [0.1, 0.15) is 25.0 Å². The SMILES string of the molecule is CCN(CC)C(=O)NC(=NC)Nc1c(C)cccc1C. The number of hydrogen-bond donors (Lipinski definition) is 2. The Balaban J connectivity index is 2.81. The van der Waals surface area contributed by atoms with Crippen LogP contribution >= 0.6 is 0 Å². The molecule has 1 aromatic rings. The molecule has 0 aliphatic rings. The Morgan fingerprint density at radius 3 is 2.20 bits per heavy atom. The molecule has 2 N–H and O–H groups in total. The van der Waals surface area contributed by atoms with E-state index >= 15 is 0 Å². The summed E-state index contributed by atoms with van der Waals surface area (Å²) in [6.07, 6.45) is 0. The average molecular weight is 276 g/mol. The molecule has 0 saturated heterocycles. The van der Waals surface area contributed by atoms with Crippen LogP contribution in [0.4, 0.5) is 10.5 Å². The number of hydrogen-bond acceptors (Lipinski definition) is 2. The van der Waals surface area contributed by atoms with Crippen LogP contribution in [0.3, 0.4) is 0 Å². The summed E-state index contributed by atoms with van der Waals surface area (Å²) in [6, 6.07) is 5.91. The summed E-state index contributed by atoms with van der Waals surface area (Å²) >= 11 is 0. The third kappa shape index (κ3) is 3.98. The van der Waals surface area contributed by atoms with Gasteiger partial charge < -0.3 is 10.2 Å². The fourth-order valence-corrected chi connectivity index (χ4v) is 1.96. The number of nitrogens with one attached hydrogen (secondary N) is 2. The molecule has 0 aliphatic heterocycles. The topological polar surface area (TPSA) is 56.7 Å².